The average Bonchev–Trinajstić information content (AvgIpc) is 3.54. The van der Waals surface area contributed by atoms with Gasteiger partial charge in [0.2, 0.25) is 0 Å². The highest BCUT2D eigenvalue weighted by Gasteiger charge is 2.41. The molecule has 2 aromatic heterocycles. The summed E-state index contributed by atoms with van der Waals surface area (Å²) in [5.74, 6) is 0.868. The Morgan fingerprint density at radius 3 is 2.53 bits per heavy atom. The lowest BCUT2D eigenvalue weighted by Crippen LogP contribution is -2.29. The van der Waals surface area contributed by atoms with Crippen LogP contribution >= 0.6 is 12.2 Å². The summed E-state index contributed by atoms with van der Waals surface area (Å²) in [5, 5.41) is 4.27. The van der Waals surface area contributed by atoms with Crippen molar-refractivity contribution in [2.45, 2.75) is 63.8 Å². The fourth-order valence-electron chi connectivity index (χ4n) is 4.96. The number of hydrogen-bond donors (Lipinski definition) is 1. The van der Waals surface area contributed by atoms with Gasteiger partial charge in [-0.2, -0.15) is 0 Å². The molecule has 1 aliphatic heterocycles. The number of aromatic nitrogens is 2. The molecule has 3 aromatic rings. The maximum absolute atomic E-state index is 5.84. The Kier molecular flexibility index (Phi) is 5.87. The lowest BCUT2D eigenvalue weighted by Gasteiger charge is -2.27. The van der Waals surface area contributed by atoms with E-state index in [1.807, 2.05) is 44.3 Å². The van der Waals surface area contributed by atoms with Gasteiger partial charge in [0.25, 0.3) is 0 Å². The highest BCUT2D eigenvalue weighted by Crippen LogP contribution is 2.42. The minimum absolute atomic E-state index is 0.0188. The van der Waals surface area contributed by atoms with Gasteiger partial charge in [0.15, 0.2) is 5.11 Å². The zero-order valence-electron chi connectivity index (χ0n) is 18.6. The van der Waals surface area contributed by atoms with E-state index < -0.39 is 0 Å². The molecule has 1 saturated carbocycles. The lowest BCUT2D eigenvalue weighted by atomic mass is 9.98. The van der Waals surface area contributed by atoms with Gasteiger partial charge in [0.1, 0.15) is 5.75 Å². The van der Waals surface area contributed by atoms with E-state index in [1.165, 1.54) is 31.2 Å². The lowest BCUT2D eigenvalue weighted by molar-refractivity contribution is 0.242. The normalized spacial score (nSPS) is 21.3. The predicted octanol–water partition coefficient (Wildman–Crippen LogP) is 5.96. The maximum Gasteiger partial charge on any atom is 0.174 e. The van der Waals surface area contributed by atoms with E-state index in [0.29, 0.717) is 6.04 Å². The summed E-state index contributed by atoms with van der Waals surface area (Å²) in [6, 6.07) is 17.1. The maximum atomic E-state index is 5.84. The van der Waals surface area contributed by atoms with Gasteiger partial charge in [0.05, 0.1) is 23.9 Å². The zero-order chi connectivity index (χ0) is 22.1. The number of anilines is 1. The number of nitrogens with one attached hydrogen (secondary N) is 1. The van der Waals surface area contributed by atoms with Crippen LogP contribution in [-0.2, 0) is 0 Å². The first kappa shape index (κ1) is 21.0. The van der Waals surface area contributed by atoms with Crippen LogP contribution in [0.15, 0.2) is 67.1 Å². The van der Waals surface area contributed by atoms with Gasteiger partial charge in [-0.15, -0.1) is 0 Å². The molecule has 3 heterocycles. The number of rotatable bonds is 6. The third-order valence-corrected chi connectivity index (χ3v) is 6.72. The minimum Gasteiger partial charge on any atom is -0.491 e. The molecule has 0 bridgehead atoms. The Bertz CT molecular complexity index is 1060. The molecule has 0 amide bonds. The fourth-order valence-corrected chi connectivity index (χ4v) is 5.31. The van der Waals surface area contributed by atoms with Crippen molar-refractivity contribution in [1.82, 2.24) is 14.9 Å². The molecule has 1 saturated heterocycles. The molecule has 1 N–H and O–H groups in total. The topological polar surface area (TPSA) is 42.3 Å². The molecule has 0 radical (unpaired) electrons. The monoisotopic (exact) mass is 446 g/mol. The van der Waals surface area contributed by atoms with Gasteiger partial charge in [-0.05, 0) is 86.9 Å². The van der Waals surface area contributed by atoms with Crippen molar-refractivity contribution in [1.29, 1.82) is 0 Å². The number of ether oxygens (including phenoxy) is 1. The van der Waals surface area contributed by atoms with E-state index in [-0.39, 0.29) is 18.2 Å². The van der Waals surface area contributed by atoms with Gasteiger partial charge in [-0.3, -0.25) is 4.98 Å². The number of hydrogen-bond acceptors (Lipinski definition) is 3. The third kappa shape index (κ3) is 4.11. The molecule has 32 heavy (non-hydrogen) atoms. The van der Waals surface area contributed by atoms with Gasteiger partial charge >= 0.3 is 0 Å². The van der Waals surface area contributed by atoms with Crippen LogP contribution in [0.4, 0.5) is 5.69 Å². The van der Waals surface area contributed by atoms with Crippen LogP contribution in [0.5, 0.6) is 5.75 Å². The van der Waals surface area contributed by atoms with Gasteiger partial charge in [-0.1, -0.05) is 18.9 Å². The Hall–Kier alpha value is -2.86. The largest absolute Gasteiger partial charge is 0.491 e. The van der Waals surface area contributed by atoms with Crippen LogP contribution in [0.25, 0.3) is 0 Å². The number of thiocarbonyl (C=S) groups is 1. The van der Waals surface area contributed by atoms with E-state index >= 15 is 0 Å². The van der Waals surface area contributed by atoms with Crippen molar-refractivity contribution in [2.75, 3.05) is 4.90 Å². The summed E-state index contributed by atoms with van der Waals surface area (Å²) in [4.78, 5) is 6.88. The van der Waals surface area contributed by atoms with E-state index in [2.05, 4.69) is 56.4 Å². The smallest absolute Gasteiger partial charge is 0.174 e. The number of nitrogens with zero attached hydrogens (tertiary/aromatic N) is 3. The minimum atomic E-state index is -0.0188. The quantitative estimate of drug-likeness (QED) is 0.473. The van der Waals surface area contributed by atoms with Crippen LogP contribution in [0.2, 0.25) is 0 Å². The molecule has 0 spiro atoms. The van der Waals surface area contributed by atoms with Crippen LogP contribution < -0.4 is 15.0 Å². The molecule has 2 atom stereocenters. The summed E-state index contributed by atoms with van der Waals surface area (Å²) in [6.07, 6.45) is 11.7. The third-order valence-electron chi connectivity index (χ3n) is 6.41. The first-order valence-corrected chi connectivity index (χ1v) is 12.0. The molecular formula is C26H30N4OS. The molecule has 166 valence electrons. The standard InChI is InChI=1S/C26H30N4OS/c1-18(2)31-22-12-10-21(11-13-22)30-25(19-14-16-29(17-19)20-7-3-4-8-20)24(28-26(30)32)23-9-5-6-15-27-23/h5-6,9-18,20,24-25H,3-4,7-8H2,1-2H3,(H,28,32)/t24-,25+/m0/s1. The fraction of sp³-hybridized carbons (Fsp3) is 0.385. The van der Waals surface area contributed by atoms with E-state index in [4.69, 9.17) is 17.0 Å². The van der Waals surface area contributed by atoms with Crippen LogP contribution in [0, 0.1) is 0 Å². The highest BCUT2D eigenvalue weighted by molar-refractivity contribution is 7.80. The SMILES string of the molecule is CC(C)Oc1ccc(N2C(=S)N[C@@H](c3ccccn3)[C@H]2c2ccn(C3CCCC3)c2)cc1. The molecule has 2 aliphatic rings. The summed E-state index contributed by atoms with van der Waals surface area (Å²) >= 11 is 5.84. The molecule has 5 rings (SSSR count). The second-order valence-electron chi connectivity index (χ2n) is 8.99. The Balaban J connectivity index is 1.51. The summed E-state index contributed by atoms with van der Waals surface area (Å²) in [7, 11) is 0. The number of benzene rings is 1. The predicted molar refractivity (Wildman–Crippen MR) is 132 cm³/mol. The van der Waals surface area contributed by atoms with Crippen molar-refractivity contribution in [3.63, 3.8) is 0 Å². The summed E-state index contributed by atoms with van der Waals surface area (Å²) in [5.41, 5.74) is 3.30. The van der Waals surface area contributed by atoms with Crippen molar-refractivity contribution in [3.8, 4) is 5.75 Å². The second kappa shape index (κ2) is 8.94. The Morgan fingerprint density at radius 2 is 1.84 bits per heavy atom. The molecule has 2 fully saturated rings. The van der Waals surface area contributed by atoms with E-state index in [1.54, 1.807) is 0 Å². The van der Waals surface area contributed by atoms with Gasteiger partial charge in [-0.25, -0.2) is 0 Å². The molecular weight excluding hydrogens is 416 g/mol. The first-order chi connectivity index (χ1) is 15.6. The van der Waals surface area contributed by atoms with Crippen molar-refractivity contribution < 1.29 is 4.74 Å². The Labute approximate surface area is 195 Å². The van der Waals surface area contributed by atoms with E-state index in [0.717, 1.165) is 22.2 Å². The van der Waals surface area contributed by atoms with Gasteiger partial charge < -0.3 is 19.5 Å². The van der Waals surface area contributed by atoms with Crippen LogP contribution in [-0.4, -0.2) is 20.8 Å². The highest BCUT2D eigenvalue weighted by atomic mass is 32.1. The first-order valence-electron chi connectivity index (χ1n) is 11.5. The second-order valence-corrected chi connectivity index (χ2v) is 9.37. The average molecular weight is 447 g/mol. The molecule has 0 unspecified atom stereocenters. The summed E-state index contributed by atoms with van der Waals surface area (Å²) < 4.78 is 8.24. The molecule has 1 aliphatic carbocycles. The van der Waals surface area contributed by atoms with Crippen molar-refractivity contribution >= 4 is 23.0 Å². The summed E-state index contributed by atoms with van der Waals surface area (Å²) in [6.45, 7) is 4.08. The van der Waals surface area contributed by atoms with Crippen molar-refractivity contribution in [3.05, 3.63) is 78.4 Å². The van der Waals surface area contributed by atoms with Crippen LogP contribution in [0.1, 0.15) is 68.9 Å². The Morgan fingerprint density at radius 1 is 1.06 bits per heavy atom. The zero-order valence-corrected chi connectivity index (χ0v) is 19.5. The van der Waals surface area contributed by atoms with Crippen LogP contribution in [0.3, 0.4) is 0 Å². The van der Waals surface area contributed by atoms with E-state index in [9.17, 15) is 0 Å². The number of pyridine rings is 1. The molecule has 5 nitrogen and oxygen atoms in total. The van der Waals surface area contributed by atoms with Crippen molar-refractivity contribution in [2.24, 2.45) is 0 Å². The molecule has 1 aromatic carbocycles. The van der Waals surface area contributed by atoms with Gasteiger partial charge in [0, 0.05) is 30.3 Å². The molecule has 6 heteroatoms.